The van der Waals surface area contributed by atoms with Gasteiger partial charge in [-0.3, -0.25) is 4.79 Å². The molecule has 2 aliphatic heterocycles. The van der Waals surface area contributed by atoms with Gasteiger partial charge in [-0.1, -0.05) is 13.3 Å². The molecule has 6 heteroatoms. The number of urea groups is 1. The number of thioether (sulfide) groups is 1. The molecule has 0 spiro atoms. The van der Waals surface area contributed by atoms with Crippen molar-refractivity contribution >= 4 is 23.8 Å². The number of rotatable bonds is 3. The van der Waals surface area contributed by atoms with E-state index in [4.69, 9.17) is 5.11 Å². The van der Waals surface area contributed by atoms with Gasteiger partial charge >= 0.3 is 12.0 Å². The van der Waals surface area contributed by atoms with E-state index in [0.29, 0.717) is 31.3 Å². The van der Waals surface area contributed by atoms with E-state index in [1.54, 1.807) is 4.90 Å². The SMILES string of the molecule is CC1CC(C(=O)O)CN(C(=O)NCC2CCCCS2)C1. The molecule has 2 amide bonds. The molecule has 0 aromatic heterocycles. The molecule has 2 N–H and O–H groups in total. The molecule has 3 unspecified atom stereocenters. The second-order valence-corrected chi connectivity index (χ2v) is 7.36. The maximum atomic E-state index is 12.2. The summed E-state index contributed by atoms with van der Waals surface area (Å²) in [6, 6.07) is -0.103. The van der Waals surface area contributed by atoms with Crippen LogP contribution in [0.4, 0.5) is 4.79 Å². The summed E-state index contributed by atoms with van der Waals surface area (Å²) in [7, 11) is 0. The van der Waals surface area contributed by atoms with Gasteiger partial charge in [0.2, 0.25) is 0 Å². The fraction of sp³-hybridized carbons (Fsp3) is 0.857. The van der Waals surface area contributed by atoms with Crippen LogP contribution < -0.4 is 5.32 Å². The third-order valence-corrected chi connectivity index (χ3v) is 5.45. The van der Waals surface area contributed by atoms with E-state index in [1.165, 1.54) is 25.0 Å². The van der Waals surface area contributed by atoms with Gasteiger partial charge in [0.15, 0.2) is 0 Å². The molecule has 2 aliphatic rings. The topological polar surface area (TPSA) is 69.6 Å². The average molecular weight is 300 g/mol. The lowest BCUT2D eigenvalue weighted by Gasteiger charge is -2.35. The fourth-order valence-electron chi connectivity index (χ4n) is 2.98. The van der Waals surface area contributed by atoms with Gasteiger partial charge in [-0.2, -0.15) is 11.8 Å². The standard InChI is InChI=1S/C14H24N2O3S/c1-10-6-11(13(17)18)9-16(8-10)14(19)15-7-12-4-2-3-5-20-12/h10-12H,2-9H2,1H3,(H,15,19)(H,17,18). The molecule has 20 heavy (non-hydrogen) atoms. The molecule has 0 aromatic rings. The molecule has 2 fully saturated rings. The van der Waals surface area contributed by atoms with Crippen molar-refractivity contribution in [3.8, 4) is 0 Å². The van der Waals surface area contributed by atoms with Gasteiger partial charge in [0.25, 0.3) is 0 Å². The smallest absolute Gasteiger partial charge is 0.317 e. The number of carboxylic acids is 1. The number of aliphatic carboxylic acids is 1. The molecule has 0 bridgehead atoms. The number of nitrogens with zero attached hydrogens (tertiary/aromatic N) is 1. The Morgan fingerprint density at radius 2 is 2.15 bits per heavy atom. The maximum Gasteiger partial charge on any atom is 0.317 e. The Morgan fingerprint density at radius 1 is 1.35 bits per heavy atom. The van der Waals surface area contributed by atoms with Crippen molar-refractivity contribution in [3.63, 3.8) is 0 Å². The van der Waals surface area contributed by atoms with E-state index < -0.39 is 11.9 Å². The maximum absolute atomic E-state index is 12.2. The van der Waals surface area contributed by atoms with Crippen LogP contribution in [0.15, 0.2) is 0 Å². The Hall–Kier alpha value is -0.910. The zero-order chi connectivity index (χ0) is 14.5. The molecule has 2 heterocycles. The van der Waals surface area contributed by atoms with E-state index in [1.807, 2.05) is 18.7 Å². The second-order valence-electron chi connectivity index (χ2n) is 5.96. The highest BCUT2D eigenvalue weighted by Crippen LogP contribution is 2.25. The van der Waals surface area contributed by atoms with Crippen LogP contribution in [0.1, 0.15) is 32.6 Å². The summed E-state index contributed by atoms with van der Waals surface area (Å²) in [4.78, 5) is 24.9. The highest BCUT2D eigenvalue weighted by atomic mass is 32.2. The lowest BCUT2D eigenvalue weighted by molar-refractivity contribution is -0.143. The summed E-state index contributed by atoms with van der Waals surface area (Å²) >= 11 is 1.93. The van der Waals surface area contributed by atoms with Crippen LogP contribution in [0.2, 0.25) is 0 Å². The molecule has 0 aliphatic carbocycles. The van der Waals surface area contributed by atoms with E-state index >= 15 is 0 Å². The molecule has 0 aromatic carbocycles. The number of carboxylic acid groups (broad SMARTS) is 1. The zero-order valence-electron chi connectivity index (χ0n) is 12.0. The highest BCUT2D eigenvalue weighted by Gasteiger charge is 2.32. The van der Waals surface area contributed by atoms with Crippen LogP contribution in [0.5, 0.6) is 0 Å². The Kier molecular flexibility index (Phi) is 5.57. The molecule has 114 valence electrons. The van der Waals surface area contributed by atoms with E-state index in [2.05, 4.69) is 5.32 Å². The summed E-state index contributed by atoms with van der Waals surface area (Å²) in [5.41, 5.74) is 0. The van der Waals surface area contributed by atoms with Gasteiger partial charge in [0.05, 0.1) is 5.92 Å². The summed E-state index contributed by atoms with van der Waals surface area (Å²) in [6.07, 6.45) is 4.35. The predicted octanol–water partition coefficient (Wildman–Crippen LogP) is 2.02. The quantitative estimate of drug-likeness (QED) is 0.836. The van der Waals surface area contributed by atoms with Crippen LogP contribution in [0.3, 0.4) is 0 Å². The van der Waals surface area contributed by atoms with Crippen LogP contribution in [-0.2, 0) is 4.79 Å². The first kappa shape index (κ1) is 15.5. The van der Waals surface area contributed by atoms with Crippen LogP contribution in [0.25, 0.3) is 0 Å². The minimum atomic E-state index is -0.794. The van der Waals surface area contributed by atoms with E-state index in [-0.39, 0.29) is 11.9 Å². The largest absolute Gasteiger partial charge is 0.481 e. The number of carbonyl (C=O) groups excluding carboxylic acids is 1. The minimum Gasteiger partial charge on any atom is -0.481 e. The molecular weight excluding hydrogens is 276 g/mol. The Labute approximate surface area is 124 Å². The first-order chi connectivity index (χ1) is 9.56. The third kappa shape index (κ3) is 4.30. The molecule has 3 atom stereocenters. The molecule has 2 saturated heterocycles. The lowest BCUT2D eigenvalue weighted by Crippen LogP contribution is -2.50. The molecular formula is C14H24N2O3S. The van der Waals surface area contributed by atoms with Gasteiger partial charge in [-0.25, -0.2) is 4.79 Å². The summed E-state index contributed by atoms with van der Waals surface area (Å²) in [5, 5.41) is 12.6. The summed E-state index contributed by atoms with van der Waals surface area (Å²) in [5.74, 6) is 0.216. The first-order valence-corrected chi connectivity index (χ1v) is 8.48. The van der Waals surface area contributed by atoms with Gasteiger partial charge < -0.3 is 15.3 Å². The van der Waals surface area contributed by atoms with E-state index in [9.17, 15) is 9.59 Å². The summed E-state index contributed by atoms with van der Waals surface area (Å²) < 4.78 is 0. The van der Waals surface area contributed by atoms with Crippen LogP contribution >= 0.6 is 11.8 Å². The van der Waals surface area contributed by atoms with Crippen molar-refractivity contribution in [3.05, 3.63) is 0 Å². The van der Waals surface area contributed by atoms with Crippen molar-refractivity contribution in [2.75, 3.05) is 25.4 Å². The van der Waals surface area contributed by atoms with Crippen molar-refractivity contribution in [1.29, 1.82) is 0 Å². The molecule has 5 nitrogen and oxygen atoms in total. The summed E-state index contributed by atoms with van der Waals surface area (Å²) in [6.45, 7) is 3.70. The molecule has 0 radical (unpaired) electrons. The van der Waals surface area contributed by atoms with Crippen molar-refractivity contribution in [2.45, 2.75) is 37.9 Å². The Bertz CT molecular complexity index is 358. The number of amides is 2. The number of likely N-dealkylation sites (tertiary alicyclic amines) is 1. The van der Waals surface area contributed by atoms with Gasteiger partial charge in [0, 0.05) is 24.9 Å². The Balaban J connectivity index is 1.80. The normalized spacial score (nSPS) is 30.9. The number of nitrogens with one attached hydrogen (secondary N) is 1. The van der Waals surface area contributed by atoms with Crippen molar-refractivity contribution in [1.82, 2.24) is 10.2 Å². The highest BCUT2D eigenvalue weighted by molar-refractivity contribution is 7.99. The van der Waals surface area contributed by atoms with E-state index in [0.717, 1.165) is 0 Å². The van der Waals surface area contributed by atoms with Crippen molar-refractivity contribution < 1.29 is 14.7 Å². The fourth-order valence-corrected chi connectivity index (χ4v) is 4.22. The molecule has 2 rings (SSSR count). The van der Waals surface area contributed by atoms with Crippen LogP contribution in [-0.4, -0.2) is 52.6 Å². The van der Waals surface area contributed by atoms with Crippen LogP contribution in [0, 0.1) is 11.8 Å². The van der Waals surface area contributed by atoms with Crippen molar-refractivity contribution in [2.24, 2.45) is 11.8 Å². The Morgan fingerprint density at radius 3 is 2.80 bits per heavy atom. The number of carbonyl (C=O) groups is 2. The van der Waals surface area contributed by atoms with Gasteiger partial charge in [-0.05, 0) is 30.9 Å². The van der Waals surface area contributed by atoms with Gasteiger partial charge in [0.1, 0.15) is 0 Å². The number of hydrogen-bond donors (Lipinski definition) is 2. The second kappa shape index (κ2) is 7.20. The molecule has 0 saturated carbocycles. The minimum absolute atomic E-state index is 0.103. The zero-order valence-corrected chi connectivity index (χ0v) is 12.8. The number of piperidine rings is 1. The third-order valence-electron chi connectivity index (χ3n) is 4.05. The lowest BCUT2D eigenvalue weighted by atomic mass is 9.91. The van der Waals surface area contributed by atoms with Gasteiger partial charge in [-0.15, -0.1) is 0 Å². The predicted molar refractivity (Wildman–Crippen MR) is 80.0 cm³/mol. The average Bonchev–Trinajstić information content (AvgIpc) is 2.45. The number of hydrogen-bond acceptors (Lipinski definition) is 3. The monoisotopic (exact) mass is 300 g/mol. The first-order valence-electron chi connectivity index (χ1n) is 7.43.